The second kappa shape index (κ2) is 13.2. The summed E-state index contributed by atoms with van der Waals surface area (Å²) < 4.78 is 97.7. The standard InChI is InChI=1S/C31H40F4O4S/c1-3-4-7-12-19(2)23-17-22(20-13-8-5-9-14-20)18-24(21-15-10-6-11-16-21)29(23)39-30-25(32)27(34)31(40(36,37)38)28(35)26(30)33/h17-21H,3-16H2,1-2H3,(H,36,37,38). The van der Waals surface area contributed by atoms with Gasteiger partial charge in [0.1, 0.15) is 5.75 Å². The average Bonchev–Trinajstić information content (AvgIpc) is 2.94. The molecule has 0 aliphatic heterocycles. The SMILES string of the molecule is CCCCCC(C)c1cc(C2CCCCC2)cc(C2CCCCC2)c1Oc1c(F)c(F)c(S(=O)(=O)O)c(F)c1F. The van der Waals surface area contributed by atoms with Crippen molar-refractivity contribution in [3.8, 4) is 11.5 Å². The van der Waals surface area contributed by atoms with Crippen LogP contribution in [0.15, 0.2) is 17.0 Å². The number of halogens is 4. The van der Waals surface area contributed by atoms with Gasteiger partial charge in [-0.2, -0.15) is 17.2 Å². The first-order valence-corrected chi connectivity index (χ1v) is 16.2. The van der Waals surface area contributed by atoms with E-state index < -0.39 is 44.0 Å². The van der Waals surface area contributed by atoms with Gasteiger partial charge in [0.05, 0.1) is 0 Å². The predicted octanol–water partition coefficient (Wildman–Crippen LogP) is 10.1. The summed E-state index contributed by atoms with van der Waals surface area (Å²) in [5.41, 5.74) is 2.71. The monoisotopic (exact) mass is 584 g/mol. The molecule has 1 unspecified atom stereocenters. The van der Waals surface area contributed by atoms with E-state index in [1.54, 1.807) is 0 Å². The van der Waals surface area contributed by atoms with Crippen LogP contribution < -0.4 is 4.74 Å². The van der Waals surface area contributed by atoms with Gasteiger partial charge in [-0.1, -0.05) is 83.8 Å². The molecule has 1 atom stereocenters. The van der Waals surface area contributed by atoms with Gasteiger partial charge in [-0.05, 0) is 66.5 Å². The summed E-state index contributed by atoms with van der Waals surface area (Å²) in [5.74, 6) is -9.19. The molecule has 40 heavy (non-hydrogen) atoms. The number of rotatable bonds is 10. The van der Waals surface area contributed by atoms with Crippen LogP contribution in [-0.4, -0.2) is 13.0 Å². The van der Waals surface area contributed by atoms with Gasteiger partial charge < -0.3 is 4.74 Å². The van der Waals surface area contributed by atoms with Crippen LogP contribution in [0.1, 0.15) is 138 Å². The molecule has 0 bridgehead atoms. The zero-order valence-electron chi connectivity index (χ0n) is 23.4. The molecule has 222 valence electrons. The Bertz CT molecular complexity index is 1270. The Morgan fingerprint density at radius 3 is 1.90 bits per heavy atom. The third kappa shape index (κ3) is 6.67. The number of benzene rings is 2. The maximum Gasteiger partial charge on any atom is 0.300 e. The average molecular weight is 585 g/mol. The lowest BCUT2D eigenvalue weighted by Crippen LogP contribution is -2.14. The summed E-state index contributed by atoms with van der Waals surface area (Å²) in [6.45, 7) is 4.14. The first kappa shape index (κ1) is 30.8. The molecular formula is C31H40F4O4S. The molecule has 0 saturated heterocycles. The third-order valence-electron chi connectivity index (χ3n) is 8.71. The molecule has 0 heterocycles. The van der Waals surface area contributed by atoms with Crippen LogP contribution in [0.2, 0.25) is 0 Å². The Morgan fingerprint density at radius 2 is 1.38 bits per heavy atom. The van der Waals surface area contributed by atoms with Crippen LogP contribution in [0.5, 0.6) is 11.5 Å². The Hall–Kier alpha value is -2.13. The van der Waals surface area contributed by atoms with E-state index in [4.69, 9.17) is 4.74 Å². The first-order chi connectivity index (χ1) is 19.0. The van der Waals surface area contributed by atoms with Gasteiger partial charge >= 0.3 is 10.1 Å². The fourth-order valence-electron chi connectivity index (χ4n) is 6.44. The van der Waals surface area contributed by atoms with E-state index in [2.05, 4.69) is 13.0 Å². The van der Waals surface area contributed by atoms with Crippen molar-refractivity contribution in [2.45, 2.75) is 126 Å². The molecule has 0 radical (unpaired) electrons. The van der Waals surface area contributed by atoms with Crippen molar-refractivity contribution < 1.29 is 35.3 Å². The Kier molecular flexibility index (Phi) is 10.2. The van der Waals surface area contributed by atoms with Crippen molar-refractivity contribution >= 4 is 10.1 Å². The number of hydrogen-bond donors (Lipinski definition) is 1. The maximum atomic E-state index is 15.2. The lowest BCUT2D eigenvalue weighted by atomic mass is 9.77. The molecule has 0 spiro atoms. The van der Waals surface area contributed by atoms with E-state index in [9.17, 15) is 21.8 Å². The minimum Gasteiger partial charge on any atom is -0.450 e. The third-order valence-corrected chi connectivity index (χ3v) is 9.58. The highest BCUT2D eigenvalue weighted by molar-refractivity contribution is 7.85. The van der Waals surface area contributed by atoms with Crippen LogP contribution in [0.3, 0.4) is 0 Å². The van der Waals surface area contributed by atoms with E-state index >= 15 is 8.78 Å². The van der Waals surface area contributed by atoms with E-state index in [0.29, 0.717) is 5.92 Å². The van der Waals surface area contributed by atoms with Crippen LogP contribution in [0, 0.1) is 23.3 Å². The Morgan fingerprint density at radius 1 is 0.825 bits per heavy atom. The van der Waals surface area contributed by atoms with Gasteiger partial charge in [-0.3, -0.25) is 4.55 Å². The van der Waals surface area contributed by atoms with Crippen molar-refractivity contribution in [3.05, 3.63) is 52.1 Å². The van der Waals surface area contributed by atoms with Gasteiger partial charge in [0.25, 0.3) is 0 Å². The van der Waals surface area contributed by atoms with Crippen molar-refractivity contribution in [3.63, 3.8) is 0 Å². The van der Waals surface area contributed by atoms with Gasteiger partial charge in [-0.25, -0.2) is 8.78 Å². The highest BCUT2D eigenvalue weighted by atomic mass is 32.2. The van der Waals surface area contributed by atoms with Crippen molar-refractivity contribution in [2.24, 2.45) is 0 Å². The summed E-state index contributed by atoms with van der Waals surface area (Å²) in [7, 11) is -5.56. The van der Waals surface area contributed by atoms with Crippen LogP contribution in [0.4, 0.5) is 17.6 Å². The fraction of sp³-hybridized carbons (Fsp3) is 0.613. The second-order valence-corrected chi connectivity index (χ2v) is 12.9. The molecule has 2 aliphatic rings. The smallest absolute Gasteiger partial charge is 0.300 e. The van der Waals surface area contributed by atoms with Gasteiger partial charge in [0.2, 0.25) is 17.4 Å². The van der Waals surface area contributed by atoms with E-state index in [0.717, 1.165) is 94.6 Å². The highest BCUT2D eigenvalue weighted by Crippen LogP contribution is 2.48. The highest BCUT2D eigenvalue weighted by Gasteiger charge is 2.35. The Balaban J connectivity index is 1.91. The minimum atomic E-state index is -5.56. The zero-order chi connectivity index (χ0) is 29.0. The van der Waals surface area contributed by atoms with Crippen molar-refractivity contribution in [2.75, 3.05) is 0 Å². The van der Waals surface area contributed by atoms with Gasteiger partial charge in [-0.15, -0.1) is 0 Å². The molecule has 2 aromatic carbocycles. The molecule has 2 fully saturated rings. The van der Waals surface area contributed by atoms with Gasteiger partial charge in [0, 0.05) is 0 Å². The summed E-state index contributed by atoms with van der Waals surface area (Å²) >= 11 is 0. The predicted molar refractivity (Wildman–Crippen MR) is 147 cm³/mol. The van der Waals surface area contributed by atoms with E-state index in [-0.39, 0.29) is 17.6 Å². The maximum absolute atomic E-state index is 15.2. The van der Waals surface area contributed by atoms with Crippen LogP contribution in [0.25, 0.3) is 0 Å². The molecule has 0 aromatic heterocycles. The minimum absolute atomic E-state index is 0.0506. The molecule has 2 saturated carbocycles. The number of ether oxygens (including phenoxy) is 1. The molecule has 4 nitrogen and oxygen atoms in total. The quantitative estimate of drug-likeness (QED) is 0.131. The normalized spacial score (nSPS) is 18.2. The van der Waals surface area contributed by atoms with E-state index in [1.807, 2.05) is 13.0 Å². The summed E-state index contributed by atoms with van der Waals surface area (Å²) in [4.78, 5) is -2.07. The molecule has 4 rings (SSSR count). The summed E-state index contributed by atoms with van der Waals surface area (Å²) in [6, 6.07) is 4.11. The molecular weight excluding hydrogens is 544 g/mol. The molecule has 2 aromatic rings. The van der Waals surface area contributed by atoms with Crippen molar-refractivity contribution in [1.29, 1.82) is 0 Å². The van der Waals surface area contributed by atoms with Crippen LogP contribution >= 0.6 is 0 Å². The second-order valence-electron chi connectivity index (χ2n) is 11.6. The summed E-state index contributed by atoms with van der Waals surface area (Å²) in [6.07, 6.45) is 14.2. The zero-order valence-corrected chi connectivity index (χ0v) is 24.2. The fourth-order valence-corrected chi connectivity index (χ4v) is 7.07. The van der Waals surface area contributed by atoms with Crippen molar-refractivity contribution in [1.82, 2.24) is 0 Å². The summed E-state index contributed by atoms with van der Waals surface area (Å²) in [5, 5.41) is 0. The molecule has 2 aliphatic carbocycles. The lowest BCUT2D eigenvalue weighted by molar-refractivity contribution is 0.338. The number of unbranched alkanes of at least 4 members (excludes halogenated alkanes) is 2. The lowest BCUT2D eigenvalue weighted by Gasteiger charge is -2.30. The molecule has 0 amide bonds. The topological polar surface area (TPSA) is 63.6 Å². The molecule has 1 N–H and O–H groups in total. The first-order valence-electron chi connectivity index (χ1n) is 14.7. The van der Waals surface area contributed by atoms with Crippen LogP contribution in [-0.2, 0) is 10.1 Å². The van der Waals surface area contributed by atoms with E-state index in [1.165, 1.54) is 12.0 Å². The largest absolute Gasteiger partial charge is 0.450 e. The number of hydrogen-bond acceptors (Lipinski definition) is 3. The Labute approximate surface area is 235 Å². The van der Waals surface area contributed by atoms with Gasteiger partial charge in [0.15, 0.2) is 16.5 Å². The molecule has 9 heteroatoms.